The van der Waals surface area contributed by atoms with E-state index in [-0.39, 0.29) is 12.4 Å². The molecule has 1 heterocycles. The largest absolute Gasteiger partial charge is 0.303 e. The minimum Gasteiger partial charge on any atom is -0.303 e. The van der Waals surface area contributed by atoms with Gasteiger partial charge in [0.15, 0.2) is 0 Å². The van der Waals surface area contributed by atoms with Crippen LogP contribution in [0.2, 0.25) is 0 Å². The van der Waals surface area contributed by atoms with Crippen molar-refractivity contribution in [2.45, 2.75) is 32.1 Å². The minimum absolute atomic E-state index is 0. The molecule has 0 amide bonds. The van der Waals surface area contributed by atoms with Crippen molar-refractivity contribution >= 4 is 24.0 Å². The number of unbranched alkanes of at least 4 members (excludes halogenated alkanes) is 2. The maximum Gasteiger partial charge on any atom is 0.0223 e. The van der Waals surface area contributed by atoms with E-state index in [1.165, 1.54) is 51.7 Å². The van der Waals surface area contributed by atoms with E-state index in [9.17, 15) is 0 Å². The second-order valence-corrected chi connectivity index (χ2v) is 3.68. The van der Waals surface area contributed by atoms with Crippen LogP contribution < -0.4 is 0 Å². The van der Waals surface area contributed by atoms with Gasteiger partial charge in [-0.2, -0.15) is 0 Å². The fourth-order valence-electron chi connectivity index (χ4n) is 1.61. The van der Waals surface area contributed by atoms with Gasteiger partial charge in [-0.3, -0.25) is 0 Å². The van der Waals surface area contributed by atoms with E-state index >= 15 is 0 Å². The summed E-state index contributed by atoms with van der Waals surface area (Å²) >= 11 is 5.58. The van der Waals surface area contributed by atoms with Crippen molar-refractivity contribution in [2.24, 2.45) is 0 Å². The lowest BCUT2D eigenvalue weighted by molar-refractivity contribution is 0.330. The van der Waals surface area contributed by atoms with Crippen LogP contribution in [0.5, 0.6) is 0 Å². The number of likely N-dealkylation sites (tertiary alicyclic amines) is 1. The summed E-state index contributed by atoms with van der Waals surface area (Å²) in [5.74, 6) is 0.833. The Morgan fingerprint density at radius 1 is 1.00 bits per heavy atom. The van der Waals surface area contributed by atoms with Crippen LogP contribution in [0, 0.1) is 0 Å². The van der Waals surface area contributed by atoms with Crippen molar-refractivity contribution in [3.63, 3.8) is 0 Å². The third-order valence-corrected chi connectivity index (χ3v) is 2.57. The van der Waals surface area contributed by atoms with E-state index in [1.54, 1.807) is 0 Å². The monoisotopic (exact) mass is 211 g/mol. The second kappa shape index (κ2) is 8.15. The molecule has 0 N–H and O–H groups in total. The average molecular weight is 212 g/mol. The topological polar surface area (TPSA) is 3.24 Å². The Morgan fingerprint density at radius 3 is 2.25 bits per heavy atom. The number of hydrogen-bond acceptors (Lipinski definition) is 1. The molecular formula is C9H19Cl2N. The maximum atomic E-state index is 5.58. The summed E-state index contributed by atoms with van der Waals surface area (Å²) in [5, 5.41) is 0. The van der Waals surface area contributed by atoms with Crippen LogP contribution in [-0.4, -0.2) is 30.4 Å². The molecule has 1 aliphatic heterocycles. The van der Waals surface area contributed by atoms with E-state index in [0.29, 0.717) is 0 Å². The van der Waals surface area contributed by atoms with Gasteiger partial charge in [0.2, 0.25) is 0 Å². The third kappa shape index (κ3) is 5.23. The van der Waals surface area contributed by atoms with E-state index in [4.69, 9.17) is 11.6 Å². The fraction of sp³-hybridized carbons (Fsp3) is 1.00. The van der Waals surface area contributed by atoms with E-state index in [2.05, 4.69) is 4.90 Å². The number of hydrogen-bond donors (Lipinski definition) is 0. The highest BCUT2D eigenvalue weighted by Gasteiger charge is 2.09. The fourth-order valence-corrected chi connectivity index (χ4v) is 1.80. The molecule has 1 nitrogen and oxygen atoms in total. The molecule has 0 aliphatic carbocycles. The summed E-state index contributed by atoms with van der Waals surface area (Å²) in [6.45, 7) is 3.97. The van der Waals surface area contributed by atoms with Crippen molar-refractivity contribution in [2.75, 3.05) is 25.5 Å². The zero-order valence-corrected chi connectivity index (χ0v) is 9.17. The maximum absolute atomic E-state index is 5.58. The highest BCUT2D eigenvalue weighted by atomic mass is 35.5. The summed E-state index contributed by atoms with van der Waals surface area (Å²) in [6.07, 6.45) is 6.66. The summed E-state index contributed by atoms with van der Waals surface area (Å²) in [6, 6.07) is 0. The molecule has 1 fully saturated rings. The van der Waals surface area contributed by atoms with Gasteiger partial charge in [-0.1, -0.05) is 6.42 Å². The Bertz CT molecular complexity index is 92.5. The van der Waals surface area contributed by atoms with Crippen LogP contribution in [0.25, 0.3) is 0 Å². The Morgan fingerprint density at radius 2 is 1.67 bits per heavy atom. The Balaban J connectivity index is 0.00000121. The first-order valence-electron chi connectivity index (χ1n) is 4.72. The minimum atomic E-state index is 0. The standard InChI is InChI=1S/C9H18ClN.ClH/c10-6-2-1-3-7-11-8-4-5-9-11;/h1-9H2;1H. The smallest absolute Gasteiger partial charge is 0.0223 e. The van der Waals surface area contributed by atoms with Crippen molar-refractivity contribution in [1.82, 2.24) is 4.90 Å². The van der Waals surface area contributed by atoms with Crippen LogP contribution >= 0.6 is 24.0 Å². The van der Waals surface area contributed by atoms with E-state index in [0.717, 1.165) is 5.88 Å². The predicted octanol–water partition coefficient (Wildman–Crippen LogP) is 2.91. The lowest BCUT2D eigenvalue weighted by Gasteiger charge is -2.13. The van der Waals surface area contributed by atoms with Crippen molar-refractivity contribution in [3.05, 3.63) is 0 Å². The highest BCUT2D eigenvalue weighted by Crippen LogP contribution is 2.08. The highest BCUT2D eigenvalue weighted by molar-refractivity contribution is 6.17. The summed E-state index contributed by atoms with van der Waals surface area (Å²) in [4.78, 5) is 2.56. The molecule has 74 valence electrons. The zero-order chi connectivity index (χ0) is 7.94. The predicted molar refractivity (Wildman–Crippen MR) is 57.5 cm³/mol. The quantitative estimate of drug-likeness (QED) is 0.500. The number of nitrogens with zero attached hydrogens (tertiary/aromatic N) is 1. The Kier molecular flexibility index (Phi) is 8.52. The molecule has 0 bridgehead atoms. The van der Waals surface area contributed by atoms with Crippen LogP contribution in [-0.2, 0) is 0 Å². The summed E-state index contributed by atoms with van der Waals surface area (Å²) < 4.78 is 0. The molecule has 0 atom stereocenters. The van der Waals surface area contributed by atoms with E-state index in [1.807, 2.05) is 0 Å². The van der Waals surface area contributed by atoms with Crippen LogP contribution in [0.15, 0.2) is 0 Å². The zero-order valence-electron chi connectivity index (χ0n) is 7.60. The van der Waals surface area contributed by atoms with Crippen molar-refractivity contribution in [1.29, 1.82) is 0 Å². The molecule has 0 saturated carbocycles. The SMILES string of the molecule is Cl.ClCCCCCN1CCCC1. The number of rotatable bonds is 5. The molecule has 0 aromatic carbocycles. The number of alkyl halides is 1. The third-order valence-electron chi connectivity index (χ3n) is 2.31. The molecule has 1 rings (SSSR count). The van der Waals surface area contributed by atoms with Crippen LogP contribution in [0.4, 0.5) is 0 Å². The summed E-state index contributed by atoms with van der Waals surface area (Å²) in [7, 11) is 0. The Hall–Kier alpha value is 0.540. The first-order chi connectivity index (χ1) is 5.43. The Labute approximate surface area is 86.9 Å². The van der Waals surface area contributed by atoms with Crippen LogP contribution in [0.3, 0.4) is 0 Å². The van der Waals surface area contributed by atoms with Gasteiger partial charge in [-0.15, -0.1) is 24.0 Å². The van der Waals surface area contributed by atoms with Gasteiger partial charge in [0.05, 0.1) is 0 Å². The first kappa shape index (κ1) is 12.5. The lowest BCUT2D eigenvalue weighted by atomic mass is 10.2. The van der Waals surface area contributed by atoms with Crippen molar-refractivity contribution in [3.8, 4) is 0 Å². The second-order valence-electron chi connectivity index (χ2n) is 3.30. The normalized spacial score (nSPS) is 17.8. The molecule has 1 aliphatic rings. The van der Waals surface area contributed by atoms with Gasteiger partial charge in [-0.05, 0) is 45.3 Å². The van der Waals surface area contributed by atoms with Crippen molar-refractivity contribution < 1.29 is 0 Å². The van der Waals surface area contributed by atoms with Gasteiger partial charge < -0.3 is 4.90 Å². The van der Waals surface area contributed by atoms with Gasteiger partial charge in [0.25, 0.3) is 0 Å². The molecule has 0 aromatic rings. The molecule has 3 heteroatoms. The van der Waals surface area contributed by atoms with Gasteiger partial charge >= 0.3 is 0 Å². The molecule has 0 unspecified atom stereocenters. The molecule has 0 spiro atoms. The van der Waals surface area contributed by atoms with Gasteiger partial charge in [-0.25, -0.2) is 0 Å². The van der Waals surface area contributed by atoms with Gasteiger partial charge in [0.1, 0.15) is 0 Å². The van der Waals surface area contributed by atoms with Gasteiger partial charge in [0, 0.05) is 5.88 Å². The number of halogens is 2. The molecule has 1 saturated heterocycles. The summed E-state index contributed by atoms with van der Waals surface area (Å²) in [5.41, 5.74) is 0. The van der Waals surface area contributed by atoms with Crippen LogP contribution in [0.1, 0.15) is 32.1 Å². The lowest BCUT2D eigenvalue weighted by Crippen LogP contribution is -2.20. The van der Waals surface area contributed by atoms with E-state index < -0.39 is 0 Å². The molecule has 0 radical (unpaired) electrons. The average Bonchev–Trinajstić information content (AvgIpc) is 2.50. The first-order valence-corrected chi connectivity index (χ1v) is 5.25. The molecule has 12 heavy (non-hydrogen) atoms. The molecular weight excluding hydrogens is 193 g/mol. The molecule has 0 aromatic heterocycles.